The molecule has 29 heavy (non-hydrogen) atoms. The Morgan fingerprint density at radius 1 is 1.38 bits per heavy atom. The van der Waals surface area contributed by atoms with Gasteiger partial charge in [0.2, 0.25) is 0 Å². The first-order valence-corrected chi connectivity index (χ1v) is 10.3. The summed E-state index contributed by atoms with van der Waals surface area (Å²) in [7, 11) is 0. The van der Waals surface area contributed by atoms with Gasteiger partial charge in [-0.15, -0.1) is 0 Å². The summed E-state index contributed by atoms with van der Waals surface area (Å²) >= 11 is 0. The average molecular weight is 396 g/mol. The van der Waals surface area contributed by atoms with Crippen molar-refractivity contribution in [3.8, 4) is 6.07 Å². The molecule has 1 saturated carbocycles. The van der Waals surface area contributed by atoms with E-state index in [-0.39, 0.29) is 17.5 Å². The fraction of sp³-hybridized carbons (Fsp3) is 0.571. The highest BCUT2D eigenvalue weighted by Gasteiger charge is 2.44. The van der Waals surface area contributed by atoms with Gasteiger partial charge in [-0.25, -0.2) is 4.79 Å². The van der Waals surface area contributed by atoms with Gasteiger partial charge in [0.15, 0.2) is 0 Å². The molecule has 1 aliphatic carbocycles. The summed E-state index contributed by atoms with van der Waals surface area (Å²) < 4.78 is 2.44. The van der Waals surface area contributed by atoms with E-state index in [9.17, 15) is 9.59 Å². The number of nitrogen functional groups attached to an aromatic ring is 1. The van der Waals surface area contributed by atoms with Crippen LogP contribution in [-0.4, -0.2) is 28.9 Å². The lowest BCUT2D eigenvalue weighted by atomic mass is 9.69. The van der Waals surface area contributed by atoms with E-state index in [4.69, 9.17) is 11.1 Å². The molecule has 1 saturated heterocycles. The van der Waals surface area contributed by atoms with Crippen molar-refractivity contribution in [2.75, 3.05) is 25.5 Å². The maximum atomic E-state index is 12.8. The van der Waals surface area contributed by atoms with Crippen LogP contribution >= 0.6 is 0 Å². The first kappa shape index (κ1) is 19.7. The van der Waals surface area contributed by atoms with E-state index < -0.39 is 11.2 Å². The predicted octanol–water partition coefficient (Wildman–Crippen LogP) is 1.06. The number of nitriles is 1. The minimum absolute atomic E-state index is 0.0366. The first-order chi connectivity index (χ1) is 13.9. The molecule has 1 atom stereocenters. The van der Waals surface area contributed by atoms with Gasteiger partial charge in [0.25, 0.3) is 5.56 Å². The maximum Gasteiger partial charge on any atom is 0.350 e. The summed E-state index contributed by atoms with van der Waals surface area (Å²) in [5.41, 5.74) is 1.87. The predicted molar refractivity (Wildman–Crippen MR) is 112 cm³/mol. The molecule has 154 valence electrons. The zero-order chi connectivity index (χ0) is 20.8. The number of nitrogens with zero attached hydrogens (tertiary/aromatic N) is 3. The number of benzene rings is 1. The molecule has 8 heteroatoms. The van der Waals surface area contributed by atoms with E-state index in [0.717, 1.165) is 48.2 Å². The zero-order valence-electron chi connectivity index (χ0n) is 17.0. The zero-order valence-corrected chi connectivity index (χ0v) is 17.0. The third-order valence-electron chi connectivity index (χ3n) is 6.65. The smallest absolute Gasteiger partial charge is 0.332 e. The Balaban J connectivity index is 1.93. The van der Waals surface area contributed by atoms with Gasteiger partial charge in [-0.05, 0) is 43.4 Å². The van der Waals surface area contributed by atoms with E-state index in [1.54, 1.807) is 10.6 Å². The minimum atomic E-state index is -0.457. The van der Waals surface area contributed by atoms with E-state index in [1.807, 2.05) is 13.0 Å². The molecule has 0 radical (unpaired) electrons. The van der Waals surface area contributed by atoms with Crippen molar-refractivity contribution in [3.05, 3.63) is 44.1 Å². The number of hydrogen-bond acceptors (Lipinski definition) is 6. The van der Waals surface area contributed by atoms with E-state index in [1.165, 1.54) is 0 Å². The summed E-state index contributed by atoms with van der Waals surface area (Å²) in [6.07, 6.45) is 3.26. The minimum Gasteiger partial charge on any atom is -0.332 e. The van der Waals surface area contributed by atoms with Gasteiger partial charge >= 0.3 is 5.69 Å². The van der Waals surface area contributed by atoms with Crippen LogP contribution in [0, 0.1) is 23.7 Å². The standard InChI is InChI=1S/C21H28N6O2/c1-3-21(11-24-12-21)18(25-10-4-9-22)15-7-8-16-17(13(15)2)26(14-5-6-14)20(29)27(23)19(16)28/h7-8,14,18,24-25H,3-6,10-12,23H2,1-2H3. The molecule has 2 aliphatic rings. The Hall–Kier alpha value is -2.63. The highest BCUT2D eigenvalue weighted by atomic mass is 16.2. The van der Waals surface area contributed by atoms with Gasteiger partial charge < -0.3 is 16.5 Å². The topological polar surface area (TPSA) is 118 Å². The van der Waals surface area contributed by atoms with Crippen LogP contribution < -0.4 is 27.7 Å². The second-order valence-corrected chi connectivity index (χ2v) is 8.35. The normalized spacial score (nSPS) is 18.9. The number of nitrogens with two attached hydrogens (primary N) is 1. The Kier molecular flexibility index (Phi) is 4.97. The quantitative estimate of drug-likeness (QED) is 0.476. The molecular weight excluding hydrogens is 368 g/mol. The number of fused-ring (bicyclic) bond motifs is 1. The monoisotopic (exact) mass is 396 g/mol. The number of nitrogens with one attached hydrogen (secondary N) is 2. The lowest BCUT2D eigenvalue weighted by Crippen LogP contribution is -2.59. The fourth-order valence-corrected chi connectivity index (χ4v) is 4.64. The lowest BCUT2D eigenvalue weighted by molar-refractivity contribution is 0.0977. The van der Waals surface area contributed by atoms with Gasteiger partial charge in [-0.2, -0.15) is 9.94 Å². The summed E-state index contributed by atoms with van der Waals surface area (Å²) in [4.78, 5) is 25.5. The maximum absolute atomic E-state index is 12.8. The van der Waals surface area contributed by atoms with Crippen LogP contribution in [0.3, 0.4) is 0 Å². The molecule has 4 rings (SSSR count). The van der Waals surface area contributed by atoms with Crippen LogP contribution in [0.4, 0.5) is 0 Å². The van der Waals surface area contributed by atoms with Gasteiger partial charge in [0, 0.05) is 43.6 Å². The molecule has 8 nitrogen and oxygen atoms in total. The van der Waals surface area contributed by atoms with Gasteiger partial charge in [0.05, 0.1) is 17.0 Å². The molecule has 2 aromatic rings. The third kappa shape index (κ3) is 3.05. The van der Waals surface area contributed by atoms with E-state index >= 15 is 0 Å². The van der Waals surface area contributed by atoms with Crippen molar-refractivity contribution in [2.24, 2.45) is 5.41 Å². The molecular formula is C21H28N6O2. The number of hydrogen-bond donors (Lipinski definition) is 3. The van der Waals surface area contributed by atoms with Crippen LogP contribution in [0.25, 0.3) is 10.9 Å². The number of aromatic nitrogens is 2. The third-order valence-corrected chi connectivity index (χ3v) is 6.65. The number of aryl methyl sites for hydroxylation is 1. The van der Waals surface area contributed by atoms with Crippen molar-refractivity contribution in [1.82, 2.24) is 19.9 Å². The molecule has 1 aliphatic heterocycles. The van der Waals surface area contributed by atoms with Crippen molar-refractivity contribution < 1.29 is 0 Å². The molecule has 1 aromatic carbocycles. The Morgan fingerprint density at radius 2 is 2.10 bits per heavy atom. The lowest BCUT2D eigenvalue weighted by Gasteiger charge is -2.49. The summed E-state index contributed by atoms with van der Waals surface area (Å²) in [5.74, 6) is 5.78. The first-order valence-electron chi connectivity index (χ1n) is 10.3. The molecule has 0 amide bonds. The SMILES string of the molecule is CCC1(C(NCCC#N)c2ccc3c(=O)n(N)c(=O)n(C4CC4)c3c2C)CNC1. The van der Waals surface area contributed by atoms with Crippen LogP contribution in [0.2, 0.25) is 0 Å². The molecule has 2 heterocycles. The number of rotatable bonds is 7. The summed E-state index contributed by atoms with van der Waals surface area (Å²) in [5, 5.41) is 16.4. The average Bonchev–Trinajstić information content (AvgIpc) is 3.51. The molecule has 1 unspecified atom stereocenters. The van der Waals surface area contributed by atoms with Crippen molar-refractivity contribution >= 4 is 10.9 Å². The van der Waals surface area contributed by atoms with Crippen molar-refractivity contribution in [3.63, 3.8) is 0 Å². The second kappa shape index (κ2) is 7.32. The van der Waals surface area contributed by atoms with Gasteiger partial charge in [-0.3, -0.25) is 9.36 Å². The Morgan fingerprint density at radius 3 is 2.66 bits per heavy atom. The van der Waals surface area contributed by atoms with E-state index in [2.05, 4.69) is 23.6 Å². The molecule has 0 spiro atoms. The Bertz CT molecular complexity index is 1100. The summed E-state index contributed by atoms with van der Waals surface area (Å²) in [6.45, 7) is 6.56. The highest BCUT2D eigenvalue weighted by Crippen LogP contribution is 2.43. The summed E-state index contributed by atoms with van der Waals surface area (Å²) in [6, 6.07) is 6.12. The Labute approximate surface area is 169 Å². The van der Waals surface area contributed by atoms with E-state index in [0.29, 0.717) is 23.9 Å². The largest absolute Gasteiger partial charge is 0.350 e. The van der Waals surface area contributed by atoms with Crippen LogP contribution in [-0.2, 0) is 0 Å². The highest BCUT2D eigenvalue weighted by molar-refractivity contribution is 5.83. The van der Waals surface area contributed by atoms with Gasteiger partial charge in [-0.1, -0.05) is 13.0 Å². The van der Waals surface area contributed by atoms with Crippen LogP contribution in [0.1, 0.15) is 55.8 Å². The van der Waals surface area contributed by atoms with Crippen LogP contribution in [0.15, 0.2) is 21.7 Å². The molecule has 1 aromatic heterocycles. The van der Waals surface area contributed by atoms with Crippen molar-refractivity contribution in [1.29, 1.82) is 5.26 Å². The molecule has 2 fully saturated rings. The fourth-order valence-electron chi connectivity index (χ4n) is 4.64. The second-order valence-electron chi connectivity index (χ2n) is 8.35. The van der Waals surface area contributed by atoms with Crippen LogP contribution in [0.5, 0.6) is 0 Å². The van der Waals surface area contributed by atoms with Gasteiger partial charge in [0.1, 0.15) is 0 Å². The van der Waals surface area contributed by atoms with Crippen molar-refractivity contribution in [2.45, 2.75) is 51.6 Å². The molecule has 0 bridgehead atoms. The molecule has 4 N–H and O–H groups in total.